The van der Waals surface area contributed by atoms with Crippen LogP contribution < -0.4 is 11.1 Å². The van der Waals surface area contributed by atoms with E-state index in [0.717, 1.165) is 43.6 Å². The lowest BCUT2D eigenvalue weighted by Crippen LogP contribution is -2.43. The lowest BCUT2D eigenvalue weighted by atomic mass is 9.97. The molecule has 1 aliphatic heterocycles. The molecule has 0 saturated carbocycles. The Bertz CT molecular complexity index is 559. The molecule has 1 aromatic rings. The third-order valence-corrected chi connectivity index (χ3v) is 4.60. The molecule has 2 amide bonds. The highest BCUT2D eigenvalue weighted by molar-refractivity contribution is 5.77. The molecule has 0 bridgehead atoms. The second-order valence-corrected chi connectivity index (χ2v) is 6.60. The normalized spacial score (nSPS) is 17.5. The van der Waals surface area contributed by atoms with E-state index in [9.17, 15) is 9.59 Å². The average Bonchev–Trinajstić information content (AvgIpc) is 2.59. The predicted octanol–water partition coefficient (Wildman–Crippen LogP) is 2.36. The number of piperidine rings is 1. The highest BCUT2D eigenvalue weighted by Gasteiger charge is 2.23. The van der Waals surface area contributed by atoms with Crippen molar-refractivity contribution in [3.8, 4) is 0 Å². The van der Waals surface area contributed by atoms with E-state index in [2.05, 4.69) is 5.32 Å². The van der Waals surface area contributed by atoms with E-state index in [4.69, 9.17) is 5.73 Å². The van der Waals surface area contributed by atoms with Gasteiger partial charge in [0.05, 0.1) is 0 Å². The Balaban J connectivity index is 1.77. The Hall–Kier alpha value is -2.04. The summed E-state index contributed by atoms with van der Waals surface area (Å²) < 4.78 is 0. The molecule has 1 heterocycles. The number of hydrogen-bond donors (Lipinski definition) is 2. The number of likely N-dealkylation sites (tertiary alicyclic amines) is 1. The third-order valence-electron chi connectivity index (χ3n) is 4.60. The van der Waals surface area contributed by atoms with E-state index < -0.39 is 0 Å². The molecule has 3 N–H and O–H groups in total. The first kappa shape index (κ1) is 18.3. The van der Waals surface area contributed by atoms with Crippen LogP contribution >= 0.6 is 0 Å². The number of amides is 2. The summed E-state index contributed by atoms with van der Waals surface area (Å²) >= 11 is 0. The van der Waals surface area contributed by atoms with E-state index in [-0.39, 0.29) is 11.8 Å². The first-order valence-corrected chi connectivity index (χ1v) is 8.98. The topological polar surface area (TPSA) is 75.4 Å². The van der Waals surface area contributed by atoms with Gasteiger partial charge in [0, 0.05) is 38.2 Å². The van der Waals surface area contributed by atoms with Gasteiger partial charge in [0.1, 0.15) is 0 Å². The fraction of sp³-hybridized carbons (Fsp3) is 0.579. The molecule has 1 aliphatic rings. The number of nitrogen functional groups attached to an aromatic ring is 1. The van der Waals surface area contributed by atoms with Gasteiger partial charge in [-0.2, -0.15) is 0 Å². The number of hydrogen-bond acceptors (Lipinski definition) is 3. The molecule has 0 aliphatic carbocycles. The molecule has 5 heteroatoms. The van der Waals surface area contributed by atoms with Gasteiger partial charge >= 0.3 is 0 Å². The van der Waals surface area contributed by atoms with E-state index >= 15 is 0 Å². The summed E-state index contributed by atoms with van der Waals surface area (Å²) in [7, 11) is 0. The number of nitrogens with zero attached hydrogens (tertiary/aromatic N) is 1. The van der Waals surface area contributed by atoms with E-state index in [1.165, 1.54) is 0 Å². The van der Waals surface area contributed by atoms with Crippen molar-refractivity contribution in [3.05, 3.63) is 29.8 Å². The Morgan fingerprint density at radius 3 is 2.83 bits per heavy atom. The second-order valence-electron chi connectivity index (χ2n) is 6.60. The molecule has 1 atom stereocenters. The van der Waals surface area contributed by atoms with Crippen molar-refractivity contribution in [3.63, 3.8) is 0 Å². The Morgan fingerprint density at radius 1 is 1.29 bits per heavy atom. The predicted molar refractivity (Wildman–Crippen MR) is 96.4 cm³/mol. The highest BCUT2D eigenvalue weighted by Crippen LogP contribution is 2.18. The fourth-order valence-corrected chi connectivity index (χ4v) is 3.19. The number of benzene rings is 1. The molecule has 0 aromatic heterocycles. The van der Waals surface area contributed by atoms with Gasteiger partial charge in [-0.05, 0) is 43.2 Å². The lowest BCUT2D eigenvalue weighted by molar-refractivity contribution is -0.132. The molecule has 0 radical (unpaired) electrons. The Kier molecular flexibility index (Phi) is 7.09. The van der Waals surface area contributed by atoms with E-state index in [0.29, 0.717) is 31.7 Å². The molecular formula is C19H29N3O2. The largest absolute Gasteiger partial charge is 0.399 e. The van der Waals surface area contributed by atoms with Gasteiger partial charge in [-0.25, -0.2) is 0 Å². The van der Waals surface area contributed by atoms with Crippen LogP contribution in [0.25, 0.3) is 0 Å². The van der Waals surface area contributed by atoms with Crippen molar-refractivity contribution < 1.29 is 9.59 Å². The molecule has 24 heavy (non-hydrogen) atoms. The molecule has 1 saturated heterocycles. The molecule has 5 nitrogen and oxygen atoms in total. The molecule has 1 fully saturated rings. The zero-order chi connectivity index (χ0) is 17.4. The minimum Gasteiger partial charge on any atom is -0.399 e. The second kappa shape index (κ2) is 9.30. The van der Waals surface area contributed by atoms with Crippen molar-refractivity contribution in [1.29, 1.82) is 0 Å². The summed E-state index contributed by atoms with van der Waals surface area (Å²) in [6.07, 6.45) is 4.69. The van der Waals surface area contributed by atoms with Crippen LogP contribution in [0.4, 0.5) is 5.69 Å². The summed E-state index contributed by atoms with van der Waals surface area (Å²) in [5.74, 6) is 0.661. The monoisotopic (exact) mass is 331 g/mol. The van der Waals surface area contributed by atoms with Crippen LogP contribution in [0.5, 0.6) is 0 Å². The van der Waals surface area contributed by atoms with Gasteiger partial charge < -0.3 is 16.0 Å². The quantitative estimate of drug-likeness (QED) is 0.753. The van der Waals surface area contributed by atoms with E-state index in [1.54, 1.807) is 0 Å². The van der Waals surface area contributed by atoms with Crippen molar-refractivity contribution in [2.45, 2.75) is 45.4 Å². The van der Waals surface area contributed by atoms with Gasteiger partial charge in [0.2, 0.25) is 11.8 Å². The zero-order valence-corrected chi connectivity index (χ0v) is 14.6. The molecule has 132 valence electrons. The molecule has 1 unspecified atom stereocenters. The van der Waals surface area contributed by atoms with Crippen molar-refractivity contribution in [2.75, 3.05) is 25.4 Å². The minimum atomic E-state index is 0.112. The number of anilines is 1. The summed E-state index contributed by atoms with van der Waals surface area (Å²) in [5.41, 5.74) is 7.72. The zero-order valence-electron chi connectivity index (χ0n) is 14.6. The Labute approximate surface area is 144 Å². The number of carbonyl (C=O) groups excluding carboxylic acids is 2. The average molecular weight is 331 g/mol. The van der Waals surface area contributed by atoms with Crippen LogP contribution in [0.15, 0.2) is 24.3 Å². The third kappa shape index (κ3) is 5.55. The van der Waals surface area contributed by atoms with Crippen LogP contribution in [-0.4, -0.2) is 36.3 Å². The number of aryl methyl sites for hydroxylation is 1. The molecule has 1 aromatic carbocycles. The first-order chi connectivity index (χ1) is 11.6. The summed E-state index contributed by atoms with van der Waals surface area (Å²) in [4.78, 5) is 26.0. The van der Waals surface area contributed by atoms with Gasteiger partial charge in [-0.15, -0.1) is 0 Å². The number of para-hydroxylation sites is 1. The fourth-order valence-electron chi connectivity index (χ4n) is 3.19. The maximum atomic E-state index is 12.5. The molecular weight excluding hydrogens is 302 g/mol. The number of rotatable bonds is 7. The smallest absolute Gasteiger partial charge is 0.222 e. The SMILES string of the molecule is CCCC(=O)NCC1CCCN(C(=O)CCc2ccccc2N)C1. The van der Waals surface area contributed by atoms with Gasteiger partial charge in [0.25, 0.3) is 0 Å². The van der Waals surface area contributed by atoms with Crippen LogP contribution in [0.3, 0.4) is 0 Å². The molecule has 2 rings (SSSR count). The molecule has 0 spiro atoms. The summed E-state index contributed by atoms with van der Waals surface area (Å²) in [6.45, 7) is 4.24. The van der Waals surface area contributed by atoms with Gasteiger partial charge in [-0.1, -0.05) is 25.1 Å². The maximum Gasteiger partial charge on any atom is 0.222 e. The van der Waals surface area contributed by atoms with Crippen LogP contribution in [0.2, 0.25) is 0 Å². The summed E-state index contributed by atoms with van der Waals surface area (Å²) in [5, 5.41) is 2.98. The number of nitrogens with two attached hydrogens (primary N) is 1. The van der Waals surface area contributed by atoms with Crippen LogP contribution in [-0.2, 0) is 16.0 Å². The first-order valence-electron chi connectivity index (χ1n) is 8.98. The maximum absolute atomic E-state index is 12.5. The van der Waals surface area contributed by atoms with Crippen molar-refractivity contribution in [2.24, 2.45) is 5.92 Å². The van der Waals surface area contributed by atoms with Gasteiger partial charge in [-0.3, -0.25) is 9.59 Å². The standard InChI is InChI=1S/C19H29N3O2/c1-2-6-18(23)21-13-15-7-5-12-22(14-15)19(24)11-10-16-8-3-4-9-17(16)20/h3-4,8-9,15H,2,5-7,10-14,20H2,1H3,(H,21,23). The Morgan fingerprint density at radius 2 is 2.08 bits per heavy atom. The van der Waals surface area contributed by atoms with Crippen molar-refractivity contribution >= 4 is 17.5 Å². The van der Waals surface area contributed by atoms with E-state index in [1.807, 2.05) is 36.1 Å². The highest BCUT2D eigenvalue weighted by atomic mass is 16.2. The number of carbonyl (C=O) groups is 2. The number of nitrogens with one attached hydrogen (secondary N) is 1. The minimum absolute atomic E-state index is 0.112. The summed E-state index contributed by atoms with van der Waals surface area (Å²) in [6, 6.07) is 7.70. The van der Waals surface area contributed by atoms with Crippen LogP contribution in [0.1, 0.15) is 44.6 Å². The lowest BCUT2D eigenvalue weighted by Gasteiger charge is -2.33. The van der Waals surface area contributed by atoms with Crippen LogP contribution in [0, 0.1) is 5.92 Å². The van der Waals surface area contributed by atoms with Crippen molar-refractivity contribution in [1.82, 2.24) is 10.2 Å². The van der Waals surface area contributed by atoms with Gasteiger partial charge in [0.15, 0.2) is 0 Å².